The lowest BCUT2D eigenvalue weighted by Gasteiger charge is -2.26. The second-order valence-corrected chi connectivity index (χ2v) is 9.55. The predicted molar refractivity (Wildman–Crippen MR) is 124 cm³/mol. The Bertz CT molecular complexity index is 1270. The Morgan fingerprint density at radius 3 is 2.63 bits per heavy atom. The van der Waals surface area contributed by atoms with Gasteiger partial charge >= 0.3 is 6.18 Å². The molecule has 3 aromatic heterocycles. The molecule has 0 bridgehead atoms. The van der Waals surface area contributed by atoms with Crippen molar-refractivity contribution in [3.63, 3.8) is 0 Å². The van der Waals surface area contributed by atoms with E-state index in [9.17, 15) is 18.0 Å². The van der Waals surface area contributed by atoms with Crippen LogP contribution in [0.1, 0.15) is 41.0 Å². The van der Waals surface area contributed by atoms with Crippen LogP contribution in [-0.4, -0.2) is 49.9 Å². The van der Waals surface area contributed by atoms with Crippen LogP contribution in [0.4, 0.5) is 19.0 Å². The Kier molecular flexibility index (Phi) is 5.86. The molecule has 4 heterocycles. The third kappa shape index (κ3) is 4.80. The third-order valence-electron chi connectivity index (χ3n) is 6.55. The van der Waals surface area contributed by atoms with E-state index in [1.54, 1.807) is 29.4 Å². The smallest absolute Gasteiger partial charge is 0.367 e. The summed E-state index contributed by atoms with van der Waals surface area (Å²) in [5.74, 6) is 0.341. The van der Waals surface area contributed by atoms with E-state index in [0.717, 1.165) is 31.5 Å². The minimum Gasteiger partial charge on any atom is -0.367 e. The third-order valence-corrected chi connectivity index (χ3v) is 6.84. The van der Waals surface area contributed by atoms with Crippen LogP contribution >= 0.6 is 11.6 Å². The number of likely N-dealkylation sites (tertiary alicyclic amines) is 1. The first-order valence-electron chi connectivity index (χ1n) is 11.2. The van der Waals surface area contributed by atoms with Crippen molar-refractivity contribution in [2.24, 2.45) is 5.41 Å². The van der Waals surface area contributed by atoms with Gasteiger partial charge < -0.3 is 10.2 Å². The monoisotopic (exact) mass is 502 g/mol. The summed E-state index contributed by atoms with van der Waals surface area (Å²) >= 11 is 6.06. The molecule has 5 rings (SSSR count). The molecule has 1 saturated heterocycles. The van der Waals surface area contributed by atoms with Crippen molar-refractivity contribution >= 4 is 23.3 Å². The van der Waals surface area contributed by atoms with E-state index in [1.165, 1.54) is 0 Å². The fourth-order valence-electron chi connectivity index (χ4n) is 4.54. The maximum atomic E-state index is 13.8. The lowest BCUT2D eigenvalue weighted by Crippen LogP contribution is -2.40. The molecule has 1 amide bonds. The van der Waals surface area contributed by atoms with Crippen LogP contribution in [0, 0.1) is 12.3 Å². The van der Waals surface area contributed by atoms with Crippen LogP contribution < -0.4 is 5.32 Å². The Balaban J connectivity index is 1.39. The Hall–Kier alpha value is -3.27. The highest BCUT2D eigenvalue weighted by molar-refractivity contribution is 6.33. The van der Waals surface area contributed by atoms with Crippen molar-refractivity contribution in [2.75, 3.05) is 18.4 Å². The molecule has 2 aliphatic rings. The van der Waals surface area contributed by atoms with Crippen LogP contribution in [0.2, 0.25) is 5.02 Å². The number of alkyl halides is 3. The van der Waals surface area contributed by atoms with E-state index >= 15 is 0 Å². The molecule has 11 heteroatoms. The zero-order chi connectivity index (χ0) is 24.8. The molecule has 1 spiro atoms. The van der Waals surface area contributed by atoms with Gasteiger partial charge in [0.1, 0.15) is 11.5 Å². The van der Waals surface area contributed by atoms with Crippen LogP contribution in [0.25, 0.3) is 11.4 Å². The molecule has 0 aromatic carbocycles. The van der Waals surface area contributed by atoms with E-state index in [-0.39, 0.29) is 33.9 Å². The van der Waals surface area contributed by atoms with Crippen LogP contribution in [0.3, 0.4) is 0 Å². The number of hydrogen-bond acceptors (Lipinski definition) is 6. The topological polar surface area (TPSA) is 83.9 Å². The molecular weight excluding hydrogens is 481 g/mol. The largest absolute Gasteiger partial charge is 0.417 e. The molecule has 0 unspecified atom stereocenters. The fraction of sp³-hybridized carbons (Fsp3) is 0.375. The van der Waals surface area contributed by atoms with E-state index in [4.69, 9.17) is 11.6 Å². The number of nitrogens with zero attached hydrogens (tertiary/aromatic N) is 5. The Morgan fingerprint density at radius 2 is 1.97 bits per heavy atom. The van der Waals surface area contributed by atoms with Crippen molar-refractivity contribution in [1.29, 1.82) is 0 Å². The Morgan fingerprint density at radius 1 is 1.23 bits per heavy atom. The highest BCUT2D eigenvalue weighted by Gasteiger charge is 2.53. The summed E-state index contributed by atoms with van der Waals surface area (Å²) in [5, 5.41) is 2.92. The first kappa shape index (κ1) is 23.5. The van der Waals surface area contributed by atoms with Gasteiger partial charge in [0.05, 0.1) is 16.1 Å². The average molecular weight is 503 g/mol. The number of carbonyl (C=O) groups is 1. The molecule has 182 valence electrons. The summed E-state index contributed by atoms with van der Waals surface area (Å²) in [6.45, 7) is 2.71. The lowest BCUT2D eigenvalue weighted by molar-refractivity contribution is -0.137. The standard InChI is InChI=1S/C24H22ClF3N6O/c1-14-3-4-17(20-29-7-2-8-30-20)19(33-14)22(35)34-13-23(5-6-23)10-16(34)12-32-21-18(25)9-15(11-31-21)24(26,27)28/h2-4,7-9,11,16H,5-6,10,12-13H2,1H3,(H,31,32)/t16-/m0/s1. The highest BCUT2D eigenvalue weighted by Crippen LogP contribution is 2.55. The van der Waals surface area contributed by atoms with Crippen molar-refractivity contribution < 1.29 is 18.0 Å². The number of aryl methyl sites for hydroxylation is 1. The first-order valence-corrected chi connectivity index (χ1v) is 11.6. The summed E-state index contributed by atoms with van der Waals surface area (Å²) in [5.41, 5.74) is 0.696. The summed E-state index contributed by atoms with van der Waals surface area (Å²) in [6.07, 6.45) is 2.29. The molecule has 3 aromatic rings. The molecule has 1 atom stereocenters. The molecule has 35 heavy (non-hydrogen) atoms. The van der Waals surface area contributed by atoms with Gasteiger partial charge in [-0.3, -0.25) is 4.79 Å². The Labute approximate surface area is 204 Å². The minimum absolute atomic E-state index is 0.0760. The van der Waals surface area contributed by atoms with Gasteiger partial charge in [-0.15, -0.1) is 0 Å². The van der Waals surface area contributed by atoms with Crippen LogP contribution in [0.5, 0.6) is 0 Å². The zero-order valence-electron chi connectivity index (χ0n) is 18.8. The molecule has 1 aliphatic carbocycles. The number of halogens is 4. The van der Waals surface area contributed by atoms with E-state index in [1.807, 2.05) is 13.0 Å². The summed E-state index contributed by atoms with van der Waals surface area (Å²) in [7, 11) is 0. The van der Waals surface area contributed by atoms with Crippen LogP contribution in [-0.2, 0) is 6.18 Å². The number of hydrogen-bond donors (Lipinski definition) is 1. The maximum absolute atomic E-state index is 13.8. The van der Waals surface area contributed by atoms with Gasteiger partial charge in [0, 0.05) is 43.4 Å². The summed E-state index contributed by atoms with van der Waals surface area (Å²) in [6, 6.07) is 5.96. The van der Waals surface area contributed by atoms with E-state index < -0.39 is 11.7 Å². The van der Waals surface area contributed by atoms with Gasteiger partial charge in [-0.2, -0.15) is 13.2 Å². The number of pyridine rings is 2. The summed E-state index contributed by atoms with van der Waals surface area (Å²) < 4.78 is 38.8. The van der Waals surface area contributed by atoms with E-state index in [2.05, 4.69) is 25.3 Å². The highest BCUT2D eigenvalue weighted by atomic mass is 35.5. The average Bonchev–Trinajstić information content (AvgIpc) is 3.49. The van der Waals surface area contributed by atoms with Gasteiger partial charge in [0.25, 0.3) is 5.91 Å². The second-order valence-electron chi connectivity index (χ2n) is 9.15. The van der Waals surface area contributed by atoms with Gasteiger partial charge in [-0.25, -0.2) is 19.9 Å². The lowest BCUT2D eigenvalue weighted by atomic mass is 10.0. The number of amides is 1. The molecule has 0 radical (unpaired) electrons. The number of nitrogens with one attached hydrogen (secondary N) is 1. The first-order chi connectivity index (χ1) is 16.7. The van der Waals surface area contributed by atoms with Crippen molar-refractivity contribution in [1.82, 2.24) is 24.8 Å². The molecule has 7 nitrogen and oxygen atoms in total. The number of carbonyl (C=O) groups excluding carboxylic acids is 1. The second kappa shape index (κ2) is 8.75. The van der Waals surface area contributed by atoms with Crippen molar-refractivity contribution in [3.05, 3.63) is 64.8 Å². The number of rotatable bonds is 5. The zero-order valence-corrected chi connectivity index (χ0v) is 19.6. The molecule has 1 saturated carbocycles. The SMILES string of the molecule is Cc1ccc(-c2ncccn2)c(C(=O)N2CC3(CC3)C[C@H]2CNc2ncc(C(F)(F)F)cc2Cl)n1. The summed E-state index contributed by atoms with van der Waals surface area (Å²) in [4.78, 5) is 32.5. The van der Waals surface area contributed by atoms with Gasteiger partial charge in [-0.05, 0) is 55.9 Å². The molecule has 2 fully saturated rings. The predicted octanol–water partition coefficient (Wildman–Crippen LogP) is 5.02. The van der Waals surface area contributed by atoms with E-state index in [0.29, 0.717) is 30.2 Å². The van der Waals surface area contributed by atoms with Crippen molar-refractivity contribution in [2.45, 2.75) is 38.4 Å². The fourth-order valence-corrected chi connectivity index (χ4v) is 4.77. The number of aromatic nitrogens is 4. The van der Waals surface area contributed by atoms with Crippen molar-refractivity contribution in [3.8, 4) is 11.4 Å². The normalized spacial score (nSPS) is 18.7. The van der Waals surface area contributed by atoms with Crippen LogP contribution in [0.15, 0.2) is 42.9 Å². The maximum Gasteiger partial charge on any atom is 0.417 e. The van der Waals surface area contributed by atoms with Gasteiger partial charge in [0.15, 0.2) is 5.82 Å². The molecular formula is C24H22ClF3N6O. The number of anilines is 1. The molecule has 1 aliphatic heterocycles. The minimum atomic E-state index is -4.52. The van der Waals surface area contributed by atoms with Gasteiger partial charge in [0.2, 0.25) is 0 Å². The van der Waals surface area contributed by atoms with Gasteiger partial charge in [-0.1, -0.05) is 11.6 Å². The molecule has 1 N–H and O–H groups in total. The quantitative estimate of drug-likeness (QED) is 0.527.